The molecule has 0 radical (unpaired) electrons. The molecule has 0 unspecified atom stereocenters. The van der Waals surface area contributed by atoms with Crippen LogP contribution in [0, 0.1) is 14.8 Å². The van der Waals surface area contributed by atoms with Gasteiger partial charge in [-0.3, -0.25) is 0 Å². The summed E-state index contributed by atoms with van der Waals surface area (Å²) in [5.74, 6) is 0. The van der Waals surface area contributed by atoms with Gasteiger partial charge in [-0.15, -0.1) is 10.2 Å². The average Bonchev–Trinajstić information content (AvgIpc) is 2.28. The first-order valence-electron chi connectivity index (χ1n) is 3.47. The lowest BCUT2D eigenvalue weighted by Gasteiger charge is -2.17. The molecule has 0 bridgehead atoms. The summed E-state index contributed by atoms with van der Waals surface area (Å²) < 4.78 is 35.3. The van der Waals surface area contributed by atoms with Gasteiger partial charge in [0.1, 0.15) is 0 Å². The summed E-state index contributed by atoms with van der Waals surface area (Å²) in [5, 5.41) is 0. The van der Waals surface area contributed by atoms with Crippen LogP contribution in [0.15, 0.2) is 36.4 Å². The van der Waals surface area contributed by atoms with Crippen LogP contribution in [-0.2, 0) is 11.4 Å². The van der Waals surface area contributed by atoms with Gasteiger partial charge in [-0.05, 0) is 0 Å². The molecule has 78 valence electrons. The normalized spacial score (nSPS) is 9.79. The second-order valence-corrected chi connectivity index (χ2v) is 3.72. The zero-order chi connectivity index (χ0) is 11.0. The summed E-state index contributed by atoms with van der Waals surface area (Å²) in [6, 6.07) is 12.4. The molecular formula is C8H9ClO4S. The van der Waals surface area contributed by atoms with E-state index in [2.05, 4.69) is 18.4 Å². The van der Waals surface area contributed by atoms with Gasteiger partial charge in [0.2, 0.25) is 4.51 Å². The number of halogens is 1. The van der Waals surface area contributed by atoms with E-state index in [0.29, 0.717) is 0 Å². The highest BCUT2D eigenvalue weighted by atomic mass is 35.7. The molecule has 0 aromatic heterocycles. The van der Waals surface area contributed by atoms with E-state index in [9.17, 15) is 0 Å². The van der Waals surface area contributed by atoms with Crippen molar-refractivity contribution in [2.45, 2.75) is 0 Å². The third-order valence-corrected chi connectivity index (χ3v) is 1.83. The fraction of sp³-hybridized carbons (Fsp3) is 0.125. The van der Waals surface area contributed by atoms with Crippen molar-refractivity contribution in [1.82, 2.24) is 0 Å². The molecule has 1 aromatic rings. The zero-order valence-corrected chi connectivity index (χ0v) is 8.96. The van der Waals surface area contributed by atoms with Gasteiger partial charge in [0.15, 0.2) is 17.6 Å². The largest absolute Gasteiger partial charge is 0.223 e. The highest BCUT2D eigenvalue weighted by molar-refractivity contribution is 7.69. The summed E-state index contributed by atoms with van der Waals surface area (Å²) in [6.07, 6.45) is 2.08. The maximum absolute atomic E-state index is 8.49. The van der Waals surface area contributed by atoms with Crippen LogP contribution in [0.3, 0.4) is 0 Å². The van der Waals surface area contributed by atoms with Gasteiger partial charge in [-0.25, -0.2) is 18.6 Å². The molecule has 4 nitrogen and oxygen atoms in total. The van der Waals surface area contributed by atoms with Gasteiger partial charge >= 0.3 is 0 Å². The summed E-state index contributed by atoms with van der Waals surface area (Å²) in [4.78, 5) is 0. The molecule has 0 spiro atoms. The van der Waals surface area contributed by atoms with Crippen molar-refractivity contribution in [3.05, 3.63) is 40.9 Å². The summed E-state index contributed by atoms with van der Waals surface area (Å²) in [7, 11) is -4.94. The predicted molar refractivity (Wildman–Crippen MR) is 43.0 cm³/mol. The molecule has 0 amide bonds. The van der Waals surface area contributed by atoms with E-state index in [-0.39, 0.29) is 0 Å². The molecule has 0 saturated heterocycles. The second kappa shape index (κ2) is 6.83. The third kappa shape index (κ3) is 11.4. The van der Waals surface area contributed by atoms with Crippen LogP contribution >= 0.6 is 0 Å². The Hall–Kier alpha value is -0.560. The molecule has 0 N–H and O–H groups in total. The van der Waals surface area contributed by atoms with Crippen LogP contribution in [0.25, 0.3) is 0 Å². The minimum Gasteiger partial charge on any atom is -0.222 e. The van der Waals surface area contributed by atoms with E-state index in [0.717, 1.165) is 0 Å². The molecule has 0 heterocycles. The van der Waals surface area contributed by atoms with Gasteiger partial charge in [-0.1, -0.05) is 24.3 Å². The first-order chi connectivity index (χ1) is 6.43. The van der Waals surface area contributed by atoms with Crippen molar-refractivity contribution in [3.8, 4) is 0 Å². The molecule has 0 atom stereocenters. The highest BCUT2D eigenvalue weighted by Crippen LogP contribution is 1.85. The summed E-state index contributed by atoms with van der Waals surface area (Å²) in [6.45, 7) is 0. The lowest BCUT2D eigenvalue weighted by Crippen LogP contribution is -2.68. The topological polar surface area (TPSA) is 92.2 Å². The molecule has 0 fully saturated rings. The molecular weight excluding hydrogens is 228 g/mol. The van der Waals surface area contributed by atoms with Crippen molar-refractivity contribution in [2.24, 2.45) is 0 Å². The molecule has 0 aliphatic rings. The van der Waals surface area contributed by atoms with Crippen molar-refractivity contribution < 1.29 is 28.9 Å². The van der Waals surface area contributed by atoms with Crippen LogP contribution in [0.5, 0.6) is 0 Å². The fourth-order valence-corrected chi connectivity index (χ4v) is 1.05. The average molecular weight is 237 g/mol. The molecule has 14 heavy (non-hydrogen) atoms. The SMILES string of the molecule is C[S+]=c1cccccc1.[O-][Cl+3]([O-])([O-])[O-]. The quantitative estimate of drug-likeness (QED) is 0.359. The predicted octanol–water partition coefficient (Wildman–Crippen LogP) is -2.83. The molecule has 0 aliphatic heterocycles. The van der Waals surface area contributed by atoms with E-state index in [4.69, 9.17) is 18.6 Å². The number of rotatable bonds is 0. The fourth-order valence-electron chi connectivity index (χ4n) is 0.621. The summed E-state index contributed by atoms with van der Waals surface area (Å²) >= 11 is 1.76. The first-order valence-corrected chi connectivity index (χ1v) is 5.93. The van der Waals surface area contributed by atoms with Crippen LogP contribution in [0.2, 0.25) is 0 Å². The molecule has 6 heteroatoms. The Morgan fingerprint density at radius 3 is 1.57 bits per heavy atom. The minimum absolute atomic E-state index is 1.31. The number of hydrogen-bond acceptors (Lipinski definition) is 4. The lowest BCUT2D eigenvalue weighted by molar-refractivity contribution is -2.00. The van der Waals surface area contributed by atoms with Gasteiger partial charge in [0.05, 0.1) is 0 Å². The Labute approximate surface area is 87.8 Å². The maximum atomic E-state index is 8.49. The van der Waals surface area contributed by atoms with E-state index >= 15 is 0 Å². The van der Waals surface area contributed by atoms with Crippen LogP contribution < -0.4 is 18.6 Å². The van der Waals surface area contributed by atoms with Crippen molar-refractivity contribution in [2.75, 3.05) is 6.26 Å². The van der Waals surface area contributed by atoms with E-state index in [1.807, 2.05) is 24.3 Å². The van der Waals surface area contributed by atoms with Crippen molar-refractivity contribution in [3.63, 3.8) is 0 Å². The van der Waals surface area contributed by atoms with E-state index in [1.165, 1.54) is 4.51 Å². The second-order valence-electron chi connectivity index (χ2n) is 2.09. The van der Waals surface area contributed by atoms with Gasteiger partial charge in [0, 0.05) is 12.1 Å². The van der Waals surface area contributed by atoms with Gasteiger partial charge in [0.25, 0.3) is 0 Å². The van der Waals surface area contributed by atoms with Crippen molar-refractivity contribution >= 4 is 11.4 Å². The van der Waals surface area contributed by atoms with Crippen molar-refractivity contribution in [1.29, 1.82) is 0 Å². The van der Waals surface area contributed by atoms with Crippen LogP contribution in [-0.4, -0.2) is 6.26 Å². The monoisotopic (exact) mass is 236 g/mol. The molecule has 1 aromatic carbocycles. The minimum atomic E-state index is -4.94. The summed E-state index contributed by atoms with van der Waals surface area (Å²) in [5.41, 5.74) is 0. The zero-order valence-electron chi connectivity index (χ0n) is 7.38. The Bertz CT molecular complexity index is 296. The van der Waals surface area contributed by atoms with Gasteiger partial charge in [-0.2, -0.15) is 0 Å². The Balaban J connectivity index is 0.000000292. The molecule has 0 aliphatic carbocycles. The first kappa shape index (κ1) is 13.4. The lowest BCUT2D eigenvalue weighted by atomic mass is 10.5. The number of hydrogen-bond donors (Lipinski definition) is 0. The Morgan fingerprint density at radius 2 is 1.29 bits per heavy atom. The standard InChI is InChI=1S/C8H9S.ClHO4/c1-9-8-6-4-2-3-5-7-8;2-1(3,4)5/h2-7H,1H3;(H,2,3,4,5)/q+1;/p-1. The maximum Gasteiger partial charge on any atom is 0.223 e. The Morgan fingerprint density at radius 1 is 0.929 bits per heavy atom. The van der Waals surface area contributed by atoms with Crippen LogP contribution in [0.4, 0.5) is 0 Å². The smallest absolute Gasteiger partial charge is 0.222 e. The van der Waals surface area contributed by atoms with Gasteiger partial charge < -0.3 is 0 Å². The molecule has 1 rings (SSSR count). The third-order valence-electron chi connectivity index (χ3n) is 1.09. The highest BCUT2D eigenvalue weighted by Gasteiger charge is 1.84. The van der Waals surface area contributed by atoms with E-state index in [1.54, 1.807) is 11.4 Å². The van der Waals surface area contributed by atoms with Crippen LogP contribution in [0.1, 0.15) is 0 Å². The Kier molecular flexibility index (Phi) is 6.56. The van der Waals surface area contributed by atoms with E-state index < -0.39 is 10.2 Å². The molecule has 0 saturated carbocycles.